The van der Waals surface area contributed by atoms with E-state index in [-0.39, 0.29) is 90.5 Å². The van der Waals surface area contributed by atoms with Crippen LogP contribution in [-0.4, -0.2) is 335 Å². The number of methoxy groups -OCH3 is 5. The molecule has 5 saturated heterocycles. The summed E-state index contributed by atoms with van der Waals surface area (Å²) in [5.41, 5.74) is -0.861. The zero-order valence-electron chi connectivity index (χ0n) is 75.5. The fraction of sp³-hybridized carbons (Fsp3) is 0.708. The summed E-state index contributed by atoms with van der Waals surface area (Å²) in [5, 5.41) is 67.7. The number of esters is 11. The van der Waals surface area contributed by atoms with Gasteiger partial charge >= 0.3 is 132 Å². The number of amides is 2. The van der Waals surface area contributed by atoms with Crippen LogP contribution in [0.4, 0.5) is 0 Å². The van der Waals surface area contributed by atoms with Crippen molar-refractivity contribution in [1.82, 2.24) is 5.06 Å². The Morgan fingerprint density at radius 1 is 0.488 bits per heavy atom. The van der Waals surface area contributed by atoms with Crippen LogP contribution in [0.5, 0.6) is 0 Å². The van der Waals surface area contributed by atoms with Crippen molar-refractivity contribution in [3.8, 4) is 0 Å². The summed E-state index contributed by atoms with van der Waals surface area (Å²) in [5.74, 6) is -20.2. The molecule has 5 rings (SSSR count). The molecule has 5 fully saturated rings. The van der Waals surface area contributed by atoms with E-state index in [1.54, 1.807) is 69.4 Å². The number of aliphatic hydroxyl groups is 5. The molecule has 0 aromatic carbocycles. The normalized spacial score (nSPS) is 20.2. The number of carboxylic acids is 2. The second-order valence-corrected chi connectivity index (χ2v) is 27.1. The number of Topliss-reactive ketones (excluding diaryl/α,β-unsaturated/α-hetero) is 5. The molecule has 3 unspecified atom stereocenters. The number of nitrogens with zero attached hydrogens (tertiary/aromatic N) is 1. The maximum absolute atomic E-state index is 12.0. The topological polar surface area (TPSA) is 746 Å². The summed E-state index contributed by atoms with van der Waals surface area (Å²) in [6, 6.07) is 0. The van der Waals surface area contributed by atoms with E-state index < -0.39 is 221 Å². The third-order valence-corrected chi connectivity index (χ3v) is 13.5. The van der Waals surface area contributed by atoms with Crippen LogP contribution in [0.25, 0.3) is 0 Å². The maximum Gasteiger partial charge on any atom is 1.00 e. The average molecular weight is 1840 g/mol. The molecule has 0 aromatic rings. The Morgan fingerprint density at radius 3 is 1.02 bits per heavy atom. The Kier molecular flexibility index (Phi) is 73.0. The van der Waals surface area contributed by atoms with Crippen LogP contribution >= 0.6 is 0 Å². The van der Waals surface area contributed by atoms with E-state index >= 15 is 0 Å². The Labute approximate surface area is 758 Å². The number of ketones is 5. The summed E-state index contributed by atoms with van der Waals surface area (Å²) in [6.45, 7) is 31.2. The van der Waals surface area contributed by atoms with Gasteiger partial charge in [0.25, 0.3) is 11.8 Å². The molecule has 0 aromatic heterocycles. The Bertz CT molecular complexity index is 3410. The van der Waals surface area contributed by atoms with E-state index in [1.165, 1.54) is 41.7 Å². The number of carboxylic acid groups (broad SMARTS) is 2. The first kappa shape index (κ1) is 137. The first-order valence-electron chi connectivity index (χ1n) is 35.0. The van der Waals surface area contributed by atoms with E-state index in [0.29, 0.717) is 5.06 Å². The van der Waals surface area contributed by atoms with E-state index in [9.17, 15) is 101 Å². The van der Waals surface area contributed by atoms with Crippen molar-refractivity contribution in [2.45, 2.75) is 273 Å². The van der Waals surface area contributed by atoms with Gasteiger partial charge in [-0.3, -0.25) is 62.3 Å². The summed E-state index contributed by atoms with van der Waals surface area (Å²) in [6.07, 6.45) is -17.8. The zero-order chi connectivity index (χ0) is 98.1. The van der Waals surface area contributed by atoms with Gasteiger partial charge in [-0.15, -0.1) is 5.06 Å². The van der Waals surface area contributed by atoms with Gasteiger partial charge in [0.1, 0.15) is 12.0 Å². The van der Waals surface area contributed by atoms with Gasteiger partial charge < -0.3 is 132 Å². The van der Waals surface area contributed by atoms with E-state index in [2.05, 4.69) is 59.8 Å². The van der Waals surface area contributed by atoms with Crippen LogP contribution in [0.15, 0.2) is 0 Å². The van der Waals surface area contributed by atoms with Crippen LogP contribution in [0, 0.1) is 10.7 Å². The van der Waals surface area contributed by atoms with Gasteiger partial charge in [-0.25, -0.2) is 43.1 Å². The molecule has 5 aliphatic rings. The minimum Gasteiger partial charge on any atom is -0.870 e. The van der Waals surface area contributed by atoms with Crippen molar-refractivity contribution in [2.24, 2.45) is 5.92 Å². The van der Waals surface area contributed by atoms with Gasteiger partial charge in [-0.2, -0.15) is 7.11 Å². The Balaban J connectivity index is -0.000000150. The van der Waals surface area contributed by atoms with Crippen molar-refractivity contribution in [2.75, 3.05) is 56.4 Å². The number of rotatable bonds is 23. The van der Waals surface area contributed by atoms with Crippen molar-refractivity contribution in [3.63, 3.8) is 0 Å². The third kappa shape index (κ3) is 57.6. The fourth-order valence-corrected chi connectivity index (χ4v) is 8.07. The molecule has 0 spiro atoms. The van der Waals surface area contributed by atoms with Gasteiger partial charge in [-0.05, 0) is 118 Å². The van der Waals surface area contributed by atoms with Crippen LogP contribution in [-0.2, 0) is 198 Å². The molecule has 2 amide bonds. The number of carbonyl (C=O) groups excluding carboxylic acids is 19. The number of hydroxylamine groups is 2. The largest absolute Gasteiger partial charge is 1.00 e. The predicted molar refractivity (Wildman–Crippen MR) is 402 cm³/mol. The van der Waals surface area contributed by atoms with Gasteiger partial charge in [0, 0.05) is 74.1 Å². The smallest absolute Gasteiger partial charge is 0.870 e. The van der Waals surface area contributed by atoms with Gasteiger partial charge in [0.05, 0.1) is 46.2 Å². The second kappa shape index (κ2) is 66.7. The summed E-state index contributed by atoms with van der Waals surface area (Å²) in [7, 11) is 7.66. The van der Waals surface area contributed by atoms with Crippen molar-refractivity contribution >= 4 is 137 Å². The number of imide groups is 1. The number of hydrogen-bond donors (Lipinski definition) is 8. The van der Waals surface area contributed by atoms with Crippen LogP contribution < -0.4 is 53.5 Å². The number of carbonyl (C=O) groups is 21. The van der Waals surface area contributed by atoms with Crippen LogP contribution in [0.3, 0.4) is 0 Å². The number of hydrogen-bond acceptors (Lipinski definition) is 48. The monoisotopic (exact) mass is 1840 g/mol. The quantitative estimate of drug-likeness (QED) is 0.0155. The minimum absolute atomic E-state index is 0. The molecular weight excluding hydrogens is 1720 g/mol. The molecule has 0 saturated carbocycles. The molecule has 50 nitrogen and oxygen atoms in total. The SMILES string of the molecule is CC(=O)C1OC(C)(C)O[C@H]1C(=O)O.CC(=O)C1OC(C)(C)O[C@H]1C(=O)ON1C(=O)CCC1=O.CC(=O)O[C@H]1C(=O)OC(=O)[C@@H]1C.CC(C)(C)O.CO.COC(=O)[C@@H]1OC(C)(C)OC1C(C)=O.COC(=O)[C@H](O)[C@@H](O)C(C)=O.COC(=O)[C@H](OC(C)=O)[C@@H](OC(C)=O)C(=O)O.COC(=O)[C@H](OC(C)=O)[C@@H](OC(C)=O)C(C)=O.COC(C)(C)CO.C[O-].N=S.[Li+].[Na+].[OH-]. The summed E-state index contributed by atoms with van der Waals surface area (Å²) < 4.78 is 85.6. The summed E-state index contributed by atoms with van der Waals surface area (Å²) in [4.78, 5) is 235. The maximum atomic E-state index is 12.0. The average Bonchev–Trinajstić information content (AvgIpc) is 1.65. The molecule has 125 heavy (non-hydrogen) atoms. The van der Waals surface area contributed by atoms with Crippen LogP contribution in [0.2, 0.25) is 0 Å². The molecule has 0 aliphatic carbocycles. The fourth-order valence-electron chi connectivity index (χ4n) is 8.07. The predicted octanol–water partition coefficient (Wildman–Crippen LogP) is -9.13. The Hall–Kier alpha value is -8.67. The molecule has 5 aliphatic heterocycles. The van der Waals surface area contributed by atoms with Crippen molar-refractivity contribution in [3.05, 3.63) is 0 Å². The van der Waals surface area contributed by atoms with Gasteiger partial charge in [-0.1, -0.05) is 0 Å². The van der Waals surface area contributed by atoms with Crippen LogP contribution in [0.1, 0.15) is 165 Å². The van der Waals surface area contributed by atoms with Crippen molar-refractivity contribution < 1.29 is 281 Å². The number of ether oxygens (including phenoxy) is 17. The number of aliphatic hydroxyl groups excluding tert-OH is 4. The Morgan fingerprint density at radius 2 is 0.784 bits per heavy atom. The minimum atomic E-state index is -1.94. The number of cyclic esters (lactones) is 2. The van der Waals surface area contributed by atoms with Gasteiger partial charge in [0.2, 0.25) is 30.5 Å². The zero-order valence-corrected chi connectivity index (χ0v) is 78.3. The molecule has 9 N–H and O–H groups in total. The molecule has 0 radical (unpaired) electrons. The first-order chi connectivity index (χ1) is 55.6. The molecule has 0 bridgehead atoms. The standard InChI is InChI=1S/C12H15NO7.C10H14O7.C9H12O8.C9H14O5.C8H12O5.C7H8O5.C6H10O5.C5H12O2.C4H10O.CH4O.CH3O.Li.HNS.Na.H2O/c1-6(14)9-10(19-12(2,3)18-9)11(17)20-13-7(15)4-5-8(13)16;1-5(11)8(16-6(2)12)9(10(14)15-4)17-7(3)13;1-4(10)16-6(8(12)13)7(9(14)15-3)17-5(2)11;1-5(10)6-7(8(11)12-4)14-9(2,3)13-6;1-4(9)5-6(7(10)11)13-8(2,3)12-5;1-3-5(11-4(2)8)7(10)12-6(3)9;1-3(7)4(8)5(9)6(10)11-2;1-5(2,4-6)7-3;1-4(2,3)5;2*1-2;;1-2;;/h9-10H,4-5H2,1-3H3;8-9H,1-4H3;6-7H,1-3H3,(H,12,13);6-7H,1-4H3;5-6H,1-3H3,(H,10,11);3,5H,1-2H3;4-5,8-9H,1-2H3;6H,4H2,1-3H3;5H,1-3H3;2H,1H3;1H3;;1H;;1H2/q;;;;;;;;;;-1;+1;;+1;/p-1/t9?,10-;8-,9+;6-,7-;6?,7-;5?,6-;3-,5-;4-,5+;;;;;;;;/m1011110......../s1. The summed E-state index contributed by atoms with van der Waals surface area (Å²) >= 11 is 3.33. The van der Waals surface area contributed by atoms with E-state index in [4.69, 9.17) is 83.6 Å². The van der Waals surface area contributed by atoms with E-state index in [1.807, 2.05) is 13.8 Å². The molecule has 710 valence electrons. The second-order valence-electron chi connectivity index (χ2n) is 27.1. The molecule has 14 atom stereocenters. The molecular formula is C72H116LiN2NaO48S. The molecule has 5 heterocycles. The third-order valence-electron chi connectivity index (χ3n) is 13.5. The van der Waals surface area contributed by atoms with Crippen molar-refractivity contribution in [1.29, 1.82) is 4.78 Å². The van der Waals surface area contributed by atoms with Gasteiger partial charge in [0.15, 0.2) is 89.0 Å². The number of aliphatic carboxylic acids is 2. The number of nitrogens with one attached hydrogen (secondary N) is 1. The molecule has 53 heteroatoms. The first-order valence-corrected chi connectivity index (χ1v) is 35.4. The van der Waals surface area contributed by atoms with E-state index in [0.717, 1.165) is 77.1 Å².